The second-order valence-electron chi connectivity index (χ2n) is 3.69. The van der Waals surface area contributed by atoms with E-state index in [1.165, 1.54) is 18.5 Å². The van der Waals surface area contributed by atoms with Gasteiger partial charge in [-0.3, -0.25) is 14.6 Å². The molecule has 0 aliphatic carbocycles. The van der Waals surface area contributed by atoms with E-state index in [1.54, 1.807) is 18.2 Å². The van der Waals surface area contributed by atoms with Gasteiger partial charge in [0.25, 0.3) is 11.8 Å². The Balaban J connectivity index is 2.12. The van der Waals surface area contributed by atoms with Gasteiger partial charge in [-0.2, -0.15) is 0 Å². The highest BCUT2D eigenvalue weighted by molar-refractivity contribution is 9.10. The maximum absolute atomic E-state index is 12.1. The molecule has 2 amide bonds. The first kappa shape index (κ1) is 11.0. The first-order chi connectivity index (χ1) is 8.68. The van der Waals surface area contributed by atoms with Crippen LogP contribution >= 0.6 is 15.9 Å². The highest BCUT2D eigenvalue weighted by Crippen LogP contribution is 2.26. The first-order valence-electron chi connectivity index (χ1n) is 5.14. The van der Waals surface area contributed by atoms with Crippen molar-refractivity contribution in [3.05, 3.63) is 52.4 Å². The van der Waals surface area contributed by atoms with Crippen molar-refractivity contribution in [1.82, 2.24) is 9.97 Å². The predicted molar refractivity (Wildman–Crippen MR) is 67.3 cm³/mol. The fraction of sp³-hybridized carbons (Fsp3) is 0. The molecule has 0 bridgehead atoms. The quantitative estimate of drug-likeness (QED) is 0.597. The molecule has 0 atom stereocenters. The molecule has 6 heteroatoms. The van der Waals surface area contributed by atoms with Crippen LogP contribution in [0, 0.1) is 0 Å². The van der Waals surface area contributed by atoms with Crippen LogP contribution in [0.2, 0.25) is 0 Å². The Bertz CT molecular complexity index is 637. The zero-order valence-corrected chi connectivity index (χ0v) is 10.6. The fourth-order valence-electron chi connectivity index (χ4n) is 1.81. The van der Waals surface area contributed by atoms with E-state index in [9.17, 15) is 9.59 Å². The Morgan fingerprint density at radius 3 is 2.56 bits per heavy atom. The molecule has 2 aromatic rings. The SMILES string of the molecule is O=C1c2ccncc2C(=O)N1c1cccc(Br)n1. The van der Waals surface area contributed by atoms with Crippen molar-refractivity contribution in [1.29, 1.82) is 0 Å². The summed E-state index contributed by atoms with van der Waals surface area (Å²) < 4.78 is 0.565. The number of fused-ring (bicyclic) bond motifs is 1. The summed E-state index contributed by atoms with van der Waals surface area (Å²) >= 11 is 3.21. The van der Waals surface area contributed by atoms with Crippen LogP contribution < -0.4 is 4.90 Å². The van der Waals surface area contributed by atoms with E-state index in [-0.39, 0.29) is 5.91 Å². The van der Waals surface area contributed by atoms with Gasteiger partial charge in [-0.05, 0) is 34.1 Å². The normalized spacial score (nSPS) is 13.9. The molecule has 0 spiro atoms. The van der Waals surface area contributed by atoms with Crippen molar-refractivity contribution >= 4 is 33.6 Å². The van der Waals surface area contributed by atoms with Crippen LogP contribution in [0.15, 0.2) is 41.3 Å². The molecule has 2 aromatic heterocycles. The van der Waals surface area contributed by atoms with E-state index in [4.69, 9.17) is 0 Å². The second kappa shape index (κ2) is 3.99. The lowest BCUT2D eigenvalue weighted by Gasteiger charge is -2.12. The number of amides is 2. The molecular formula is C12H6BrN3O2. The van der Waals surface area contributed by atoms with Gasteiger partial charge < -0.3 is 0 Å². The van der Waals surface area contributed by atoms with Crippen molar-refractivity contribution < 1.29 is 9.59 Å². The summed E-state index contributed by atoms with van der Waals surface area (Å²) in [5, 5.41) is 0. The number of hydrogen-bond acceptors (Lipinski definition) is 4. The molecule has 0 saturated carbocycles. The molecule has 5 nitrogen and oxygen atoms in total. The van der Waals surface area contributed by atoms with Crippen molar-refractivity contribution in [2.75, 3.05) is 4.90 Å². The summed E-state index contributed by atoms with van der Waals surface area (Å²) in [5.41, 5.74) is 0.668. The highest BCUT2D eigenvalue weighted by Gasteiger charge is 2.37. The van der Waals surface area contributed by atoms with Crippen LogP contribution in [0.4, 0.5) is 5.82 Å². The summed E-state index contributed by atoms with van der Waals surface area (Å²) in [5.74, 6) is -0.465. The van der Waals surface area contributed by atoms with Gasteiger partial charge in [-0.1, -0.05) is 6.07 Å². The van der Waals surface area contributed by atoms with Crippen molar-refractivity contribution in [3.63, 3.8) is 0 Å². The molecule has 88 valence electrons. The minimum Gasteiger partial charge on any atom is -0.268 e. The third-order valence-electron chi connectivity index (χ3n) is 2.62. The van der Waals surface area contributed by atoms with E-state index < -0.39 is 5.91 Å². The van der Waals surface area contributed by atoms with Crippen LogP contribution in [0.3, 0.4) is 0 Å². The lowest BCUT2D eigenvalue weighted by molar-refractivity contribution is 0.0925. The van der Waals surface area contributed by atoms with Gasteiger partial charge in [0, 0.05) is 12.4 Å². The van der Waals surface area contributed by atoms with Crippen LogP contribution in [-0.2, 0) is 0 Å². The number of halogens is 1. The number of carbonyl (C=O) groups is 2. The van der Waals surface area contributed by atoms with Gasteiger partial charge in [0.1, 0.15) is 10.4 Å². The number of rotatable bonds is 1. The number of carbonyl (C=O) groups excluding carboxylic acids is 2. The number of nitrogens with zero attached hydrogens (tertiary/aromatic N) is 3. The fourth-order valence-corrected chi connectivity index (χ4v) is 2.15. The molecule has 0 aromatic carbocycles. The molecule has 0 radical (unpaired) electrons. The predicted octanol–water partition coefficient (Wildman–Crippen LogP) is 2.04. The largest absolute Gasteiger partial charge is 0.268 e. The molecular weight excluding hydrogens is 298 g/mol. The summed E-state index contributed by atoms with van der Waals surface area (Å²) in [6.07, 6.45) is 2.88. The molecule has 18 heavy (non-hydrogen) atoms. The molecule has 0 saturated heterocycles. The van der Waals surface area contributed by atoms with Crippen LogP contribution in [0.25, 0.3) is 0 Å². The summed E-state index contributed by atoms with van der Waals surface area (Å²) in [7, 11) is 0. The van der Waals surface area contributed by atoms with E-state index in [2.05, 4.69) is 25.9 Å². The van der Waals surface area contributed by atoms with E-state index in [0.717, 1.165) is 4.90 Å². The Morgan fingerprint density at radius 1 is 1.06 bits per heavy atom. The maximum Gasteiger partial charge on any atom is 0.268 e. The lowest BCUT2D eigenvalue weighted by Crippen LogP contribution is -2.30. The van der Waals surface area contributed by atoms with E-state index in [1.807, 2.05) is 0 Å². The van der Waals surface area contributed by atoms with Gasteiger partial charge in [-0.25, -0.2) is 9.88 Å². The second-order valence-corrected chi connectivity index (χ2v) is 4.50. The molecule has 3 rings (SSSR count). The monoisotopic (exact) mass is 303 g/mol. The maximum atomic E-state index is 12.1. The topological polar surface area (TPSA) is 63.2 Å². The average molecular weight is 304 g/mol. The number of aromatic nitrogens is 2. The number of hydrogen-bond donors (Lipinski definition) is 0. The van der Waals surface area contributed by atoms with Crippen molar-refractivity contribution in [3.8, 4) is 0 Å². The van der Waals surface area contributed by atoms with Crippen molar-refractivity contribution in [2.24, 2.45) is 0 Å². The molecule has 1 aliphatic heterocycles. The van der Waals surface area contributed by atoms with Crippen molar-refractivity contribution in [2.45, 2.75) is 0 Å². The Morgan fingerprint density at radius 2 is 1.83 bits per heavy atom. The number of anilines is 1. The third kappa shape index (κ3) is 1.53. The number of imide groups is 1. The minimum absolute atomic E-state index is 0.301. The van der Waals surface area contributed by atoms with Gasteiger partial charge in [0.05, 0.1) is 11.1 Å². The highest BCUT2D eigenvalue weighted by atomic mass is 79.9. The molecule has 1 aliphatic rings. The summed E-state index contributed by atoms with van der Waals surface area (Å²) in [6, 6.07) is 6.59. The summed E-state index contributed by atoms with van der Waals surface area (Å²) in [6.45, 7) is 0. The van der Waals surface area contributed by atoms with Crippen LogP contribution in [0.1, 0.15) is 20.7 Å². The van der Waals surface area contributed by atoms with Gasteiger partial charge in [0.15, 0.2) is 0 Å². The molecule has 0 N–H and O–H groups in total. The standard InChI is InChI=1S/C12H6BrN3O2/c13-9-2-1-3-10(15-9)16-11(17)7-4-5-14-6-8(7)12(16)18/h1-6H. The third-order valence-corrected chi connectivity index (χ3v) is 3.06. The average Bonchev–Trinajstić information content (AvgIpc) is 2.63. The van der Waals surface area contributed by atoms with Gasteiger partial charge in [0.2, 0.25) is 0 Å². The van der Waals surface area contributed by atoms with E-state index in [0.29, 0.717) is 21.5 Å². The van der Waals surface area contributed by atoms with Crippen LogP contribution in [-0.4, -0.2) is 21.8 Å². The number of pyridine rings is 2. The molecule has 0 fully saturated rings. The Labute approximate surface area is 111 Å². The zero-order chi connectivity index (χ0) is 12.7. The smallest absolute Gasteiger partial charge is 0.268 e. The molecule has 3 heterocycles. The first-order valence-corrected chi connectivity index (χ1v) is 5.93. The lowest BCUT2D eigenvalue weighted by atomic mass is 10.2. The Hall–Kier alpha value is -2.08. The van der Waals surface area contributed by atoms with Crippen LogP contribution in [0.5, 0.6) is 0 Å². The molecule has 0 unspecified atom stereocenters. The minimum atomic E-state index is -0.395. The summed E-state index contributed by atoms with van der Waals surface area (Å²) in [4.78, 5) is 33.3. The zero-order valence-electron chi connectivity index (χ0n) is 9.00. The Kier molecular flexibility index (Phi) is 2.45. The van der Waals surface area contributed by atoms with Gasteiger partial charge in [-0.15, -0.1) is 0 Å². The van der Waals surface area contributed by atoms with Gasteiger partial charge >= 0.3 is 0 Å². The van der Waals surface area contributed by atoms with E-state index >= 15 is 0 Å².